The maximum Gasteiger partial charge on any atom is 0.303 e. The minimum absolute atomic E-state index is 0.0160. The Kier molecular flexibility index (Phi) is 6.99. The van der Waals surface area contributed by atoms with Crippen LogP contribution in [0.25, 0.3) is 0 Å². The molecule has 116 valence electrons. The zero-order valence-electron chi connectivity index (χ0n) is 12.6. The lowest BCUT2D eigenvalue weighted by atomic mass is 9.85. The number of nitrogens with one attached hydrogen (secondary N) is 1. The standard InChI is InChI=1S/C15H28N2O3/c1-10(2)7-11(8-14(18)19)9-17-15(20)12-3-5-13(16)6-4-12/h10-13H,3-9,16H2,1-2H3,(H,17,20)(H,18,19). The second kappa shape index (κ2) is 8.25. The minimum Gasteiger partial charge on any atom is -0.481 e. The Bertz CT molecular complexity index is 323. The van der Waals surface area contributed by atoms with Gasteiger partial charge in [-0.25, -0.2) is 0 Å². The number of amides is 1. The van der Waals surface area contributed by atoms with E-state index in [0.29, 0.717) is 12.5 Å². The topological polar surface area (TPSA) is 92.4 Å². The van der Waals surface area contributed by atoms with Crippen molar-refractivity contribution in [2.75, 3.05) is 6.54 Å². The molecule has 0 aliphatic heterocycles. The van der Waals surface area contributed by atoms with Crippen molar-refractivity contribution in [1.82, 2.24) is 5.32 Å². The van der Waals surface area contributed by atoms with Crippen molar-refractivity contribution in [3.8, 4) is 0 Å². The predicted molar refractivity (Wildman–Crippen MR) is 78.1 cm³/mol. The lowest BCUT2D eigenvalue weighted by molar-refractivity contribution is -0.138. The second-order valence-corrected chi connectivity index (χ2v) is 6.45. The molecule has 1 unspecified atom stereocenters. The van der Waals surface area contributed by atoms with Crippen molar-refractivity contribution in [3.63, 3.8) is 0 Å². The van der Waals surface area contributed by atoms with Gasteiger partial charge in [-0.05, 0) is 43.9 Å². The van der Waals surface area contributed by atoms with Crippen LogP contribution in [0.2, 0.25) is 0 Å². The molecular weight excluding hydrogens is 256 g/mol. The number of carbonyl (C=O) groups is 2. The van der Waals surface area contributed by atoms with Gasteiger partial charge in [0.25, 0.3) is 0 Å². The minimum atomic E-state index is -0.798. The molecule has 5 heteroatoms. The lowest BCUT2D eigenvalue weighted by Crippen LogP contribution is -2.38. The van der Waals surface area contributed by atoms with Gasteiger partial charge in [0.15, 0.2) is 0 Å². The molecule has 1 rings (SSSR count). The van der Waals surface area contributed by atoms with Crippen molar-refractivity contribution >= 4 is 11.9 Å². The van der Waals surface area contributed by atoms with Gasteiger partial charge in [0.2, 0.25) is 5.91 Å². The fourth-order valence-electron chi connectivity index (χ4n) is 2.92. The number of hydrogen-bond acceptors (Lipinski definition) is 3. The molecule has 0 saturated heterocycles. The molecule has 0 aromatic heterocycles. The zero-order chi connectivity index (χ0) is 15.1. The Balaban J connectivity index is 2.37. The van der Waals surface area contributed by atoms with E-state index in [-0.39, 0.29) is 30.2 Å². The summed E-state index contributed by atoms with van der Waals surface area (Å²) in [6, 6.07) is 0.236. The summed E-state index contributed by atoms with van der Waals surface area (Å²) in [6.07, 6.45) is 4.45. The Morgan fingerprint density at radius 2 is 1.85 bits per heavy atom. The maximum atomic E-state index is 12.1. The van der Waals surface area contributed by atoms with Gasteiger partial charge in [-0.15, -0.1) is 0 Å². The molecule has 0 aromatic rings. The molecule has 1 atom stereocenters. The Morgan fingerprint density at radius 3 is 2.35 bits per heavy atom. The van der Waals surface area contributed by atoms with Gasteiger partial charge in [0, 0.05) is 24.9 Å². The molecule has 1 amide bonds. The van der Waals surface area contributed by atoms with Gasteiger partial charge in [0.05, 0.1) is 0 Å². The van der Waals surface area contributed by atoms with E-state index in [1.165, 1.54) is 0 Å². The molecule has 0 aromatic carbocycles. The number of carbonyl (C=O) groups excluding carboxylic acids is 1. The molecule has 1 aliphatic rings. The Morgan fingerprint density at radius 1 is 1.25 bits per heavy atom. The van der Waals surface area contributed by atoms with Gasteiger partial charge in [-0.2, -0.15) is 0 Å². The number of hydrogen-bond donors (Lipinski definition) is 3. The van der Waals surface area contributed by atoms with Crippen molar-refractivity contribution in [1.29, 1.82) is 0 Å². The quantitative estimate of drug-likeness (QED) is 0.664. The van der Waals surface area contributed by atoms with Crippen LogP contribution < -0.4 is 11.1 Å². The first-order chi connectivity index (χ1) is 9.38. The second-order valence-electron chi connectivity index (χ2n) is 6.45. The van der Waals surface area contributed by atoms with Gasteiger partial charge in [-0.1, -0.05) is 13.8 Å². The van der Waals surface area contributed by atoms with E-state index in [4.69, 9.17) is 10.8 Å². The highest BCUT2D eigenvalue weighted by atomic mass is 16.4. The number of aliphatic carboxylic acids is 1. The molecular formula is C15H28N2O3. The largest absolute Gasteiger partial charge is 0.481 e. The molecule has 0 bridgehead atoms. The van der Waals surface area contributed by atoms with Gasteiger partial charge in [-0.3, -0.25) is 9.59 Å². The van der Waals surface area contributed by atoms with Crippen LogP contribution in [0.3, 0.4) is 0 Å². The van der Waals surface area contributed by atoms with Crippen LogP contribution in [0.5, 0.6) is 0 Å². The molecule has 1 aliphatic carbocycles. The van der Waals surface area contributed by atoms with E-state index < -0.39 is 5.97 Å². The van der Waals surface area contributed by atoms with Crippen molar-refractivity contribution in [2.24, 2.45) is 23.5 Å². The number of rotatable bonds is 7. The van der Waals surface area contributed by atoms with Gasteiger partial charge < -0.3 is 16.2 Å². The Hall–Kier alpha value is -1.10. The predicted octanol–water partition coefficient (Wildman–Crippen LogP) is 1.76. The van der Waals surface area contributed by atoms with Gasteiger partial charge in [0.1, 0.15) is 0 Å². The van der Waals surface area contributed by atoms with Crippen molar-refractivity contribution in [2.45, 2.75) is 58.4 Å². The van der Waals surface area contributed by atoms with Gasteiger partial charge >= 0.3 is 5.97 Å². The van der Waals surface area contributed by atoms with Crippen LogP contribution in [0, 0.1) is 17.8 Å². The van der Waals surface area contributed by atoms with E-state index >= 15 is 0 Å². The van der Waals surface area contributed by atoms with E-state index in [0.717, 1.165) is 32.1 Å². The number of nitrogens with two attached hydrogens (primary N) is 1. The smallest absolute Gasteiger partial charge is 0.303 e. The highest BCUT2D eigenvalue weighted by molar-refractivity contribution is 5.78. The molecule has 0 spiro atoms. The summed E-state index contributed by atoms with van der Waals surface area (Å²) in [5.74, 6) is -0.227. The van der Waals surface area contributed by atoms with Crippen LogP contribution in [-0.4, -0.2) is 29.6 Å². The summed E-state index contributed by atoms with van der Waals surface area (Å²) in [5.41, 5.74) is 5.83. The Labute approximate surface area is 121 Å². The normalized spacial score (nSPS) is 24.4. The van der Waals surface area contributed by atoms with Crippen molar-refractivity contribution < 1.29 is 14.7 Å². The number of carboxylic acid groups (broad SMARTS) is 1. The maximum absolute atomic E-state index is 12.1. The van der Waals surface area contributed by atoms with Crippen LogP contribution in [-0.2, 0) is 9.59 Å². The zero-order valence-corrected chi connectivity index (χ0v) is 12.6. The molecule has 0 heterocycles. The summed E-state index contributed by atoms with van der Waals surface area (Å²) < 4.78 is 0. The molecule has 20 heavy (non-hydrogen) atoms. The van der Waals surface area contributed by atoms with Crippen LogP contribution in [0.1, 0.15) is 52.4 Å². The SMILES string of the molecule is CC(C)CC(CNC(=O)C1CCC(N)CC1)CC(=O)O. The third-order valence-corrected chi connectivity index (χ3v) is 3.98. The van der Waals surface area contributed by atoms with E-state index in [2.05, 4.69) is 19.2 Å². The summed E-state index contributed by atoms with van der Waals surface area (Å²) in [6.45, 7) is 4.60. The molecule has 5 nitrogen and oxygen atoms in total. The summed E-state index contributed by atoms with van der Waals surface area (Å²) >= 11 is 0. The molecule has 1 fully saturated rings. The average Bonchev–Trinajstić information content (AvgIpc) is 2.35. The first-order valence-electron chi connectivity index (χ1n) is 7.63. The van der Waals surface area contributed by atoms with Crippen LogP contribution in [0.4, 0.5) is 0 Å². The summed E-state index contributed by atoms with van der Waals surface area (Å²) in [7, 11) is 0. The fourth-order valence-corrected chi connectivity index (χ4v) is 2.92. The van der Waals surface area contributed by atoms with Crippen LogP contribution in [0.15, 0.2) is 0 Å². The van der Waals surface area contributed by atoms with Crippen molar-refractivity contribution in [3.05, 3.63) is 0 Å². The van der Waals surface area contributed by atoms with E-state index in [1.807, 2.05) is 0 Å². The lowest BCUT2D eigenvalue weighted by Gasteiger charge is -2.26. The van der Waals surface area contributed by atoms with E-state index in [1.54, 1.807) is 0 Å². The fraction of sp³-hybridized carbons (Fsp3) is 0.867. The molecule has 0 radical (unpaired) electrons. The third kappa shape index (κ3) is 6.37. The summed E-state index contributed by atoms with van der Waals surface area (Å²) in [5, 5.41) is 11.8. The summed E-state index contributed by atoms with van der Waals surface area (Å²) in [4.78, 5) is 22.9. The highest BCUT2D eigenvalue weighted by Crippen LogP contribution is 2.23. The number of carboxylic acids is 1. The highest BCUT2D eigenvalue weighted by Gasteiger charge is 2.25. The first kappa shape index (κ1) is 17.0. The monoisotopic (exact) mass is 284 g/mol. The van der Waals surface area contributed by atoms with Crippen LogP contribution >= 0.6 is 0 Å². The molecule has 4 N–H and O–H groups in total. The third-order valence-electron chi connectivity index (χ3n) is 3.98. The van der Waals surface area contributed by atoms with E-state index in [9.17, 15) is 9.59 Å². The molecule has 1 saturated carbocycles. The average molecular weight is 284 g/mol. The first-order valence-corrected chi connectivity index (χ1v) is 7.63.